The van der Waals surface area contributed by atoms with Gasteiger partial charge < -0.3 is 5.73 Å². The highest BCUT2D eigenvalue weighted by molar-refractivity contribution is 6.30. The fourth-order valence-corrected chi connectivity index (χ4v) is 1.78. The lowest BCUT2D eigenvalue weighted by molar-refractivity contribution is 1.48. The Kier molecular flexibility index (Phi) is 2.80. The van der Waals surface area contributed by atoms with E-state index >= 15 is 0 Å². The van der Waals surface area contributed by atoms with Crippen LogP contribution in [-0.4, -0.2) is 0 Å². The zero-order chi connectivity index (χ0) is 11.5. The third-order valence-corrected chi connectivity index (χ3v) is 2.58. The van der Waals surface area contributed by atoms with Crippen molar-refractivity contribution < 1.29 is 0 Å². The summed E-state index contributed by atoms with van der Waals surface area (Å²) in [6.07, 6.45) is 0. The molecule has 0 radical (unpaired) electrons. The van der Waals surface area contributed by atoms with E-state index in [1.54, 1.807) is 12.1 Å². The average molecular weight is 229 g/mol. The number of nitrogens with two attached hydrogens (primary N) is 1. The molecule has 2 N–H and O–H groups in total. The predicted molar refractivity (Wildman–Crippen MR) is 66.0 cm³/mol. The van der Waals surface area contributed by atoms with Crippen LogP contribution in [0.25, 0.3) is 11.1 Å². The van der Waals surface area contributed by atoms with Crippen molar-refractivity contribution in [3.05, 3.63) is 53.1 Å². The molecular weight excluding hydrogens is 220 g/mol. The van der Waals surface area contributed by atoms with Crippen LogP contribution >= 0.6 is 11.6 Å². The Morgan fingerprint density at radius 2 is 1.88 bits per heavy atom. The van der Waals surface area contributed by atoms with E-state index < -0.39 is 0 Å². The summed E-state index contributed by atoms with van der Waals surface area (Å²) in [6, 6.07) is 14.9. The first-order valence-electron chi connectivity index (χ1n) is 4.77. The van der Waals surface area contributed by atoms with Crippen LogP contribution in [0.3, 0.4) is 0 Å². The molecule has 2 aromatic rings. The molecule has 16 heavy (non-hydrogen) atoms. The summed E-state index contributed by atoms with van der Waals surface area (Å²) in [6.45, 7) is 0. The number of nitrogens with zero attached hydrogens (tertiary/aromatic N) is 1. The highest BCUT2D eigenvalue weighted by atomic mass is 35.5. The number of nitrogen functional groups attached to an aromatic ring is 1. The van der Waals surface area contributed by atoms with E-state index in [2.05, 4.69) is 6.07 Å². The second-order valence-electron chi connectivity index (χ2n) is 3.39. The van der Waals surface area contributed by atoms with E-state index in [1.165, 1.54) is 0 Å². The van der Waals surface area contributed by atoms with Crippen LogP contribution in [0.4, 0.5) is 5.69 Å². The summed E-state index contributed by atoms with van der Waals surface area (Å²) in [7, 11) is 0. The molecule has 0 saturated heterocycles. The number of benzene rings is 2. The fourth-order valence-electron chi connectivity index (χ4n) is 1.59. The minimum absolute atomic E-state index is 0.486. The first-order chi connectivity index (χ1) is 7.72. The highest BCUT2D eigenvalue weighted by Gasteiger charge is 2.07. The fraction of sp³-hybridized carbons (Fsp3) is 0. The molecule has 3 heteroatoms. The monoisotopic (exact) mass is 228 g/mol. The SMILES string of the molecule is N#Cc1c(N)cccc1-c1cccc(Cl)c1. The Morgan fingerprint density at radius 3 is 2.56 bits per heavy atom. The summed E-state index contributed by atoms with van der Waals surface area (Å²) in [5, 5.41) is 9.71. The summed E-state index contributed by atoms with van der Waals surface area (Å²) >= 11 is 5.92. The maximum Gasteiger partial charge on any atom is 0.102 e. The molecule has 0 aliphatic carbocycles. The van der Waals surface area contributed by atoms with Crippen LogP contribution in [-0.2, 0) is 0 Å². The zero-order valence-corrected chi connectivity index (χ0v) is 9.20. The predicted octanol–water partition coefficient (Wildman–Crippen LogP) is 3.46. The minimum atomic E-state index is 0.486. The Labute approximate surface area is 98.9 Å². The molecule has 0 saturated carbocycles. The molecule has 0 bridgehead atoms. The van der Waals surface area contributed by atoms with Crippen LogP contribution in [0.1, 0.15) is 5.56 Å². The number of rotatable bonds is 1. The first kappa shape index (κ1) is 10.5. The van der Waals surface area contributed by atoms with Crippen LogP contribution in [0.15, 0.2) is 42.5 Å². The molecule has 78 valence electrons. The van der Waals surface area contributed by atoms with Crippen molar-refractivity contribution in [1.29, 1.82) is 5.26 Å². The summed E-state index contributed by atoms with van der Waals surface area (Å²) in [4.78, 5) is 0. The van der Waals surface area contributed by atoms with Gasteiger partial charge in [-0.05, 0) is 23.8 Å². The van der Waals surface area contributed by atoms with Gasteiger partial charge >= 0.3 is 0 Å². The number of halogens is 1. The lowest BCUT2D eigenvalue weighted by atomic mass is 9.99. The van der Waals surface area contributed by atoms with Crippen molar-refractivity contribution in [2.75, 3.05) is 5.73 Å². The minimum Gasteiger partial charge on any atom is -0.398 e. The van der Waals surface area contributed by atoms with Crippen molar-refractivity contribution >= 4 is 17.3 Å². The quantitative estimate of drug-likeness (QED) is 0.760. The number of anilines is 1. The second-order valence-corrected chi connectivity index (χ2v) is 3.83. The lowest BCUT2D eigenvalue weighted by Crippen LogP contribution is -1.92. The molecular formula is C13H9ClN2. The molecule has 0 unspecified atom stereocenters. The molecule has 2 nitrogen and oxygen atoms in total. The third kappa shape index (κ3) is 1.86. The molecule has 0 spiro atoms. The molecule has 2 rings (SSSR count). The van der Waals surface area contributed by atoms with Crippen molar-refractivity contribution in [2.24, 2.45) is 0 Å². The van der Waals surface area contributed by atoms with Gasteiger partial charge in [-0.15, -0.1) is 0 Å². The van der Waals surface area contributed by atoms with Gasteiger partial charge in [-0.1, -0.05) is 35.9 Å². The topological polar surface area (TPSA) is 49.8 Å². The number of nitriles is 1. The smallest absolute Gasteiger partial charge is 0.102 e. The molecule has 0 aromatic heterocycles. The Bertz CT molecular complexity index is 570. The summed E-state index contributed by atoms with van der Waals surface area (Å²) < 4.78 is 0. The van der Waals surface area contributed by atoms with Gasteiger partial charge in [0, 0.05) is 10.6 Å². The molecule has 2 aromatic carbocycles. The van der Waals surface area contributed by atoms with Gasteiger partial charge in [-0.25, -0.2) is 0 Å². The van der Waals surface area contributed by atoms with Gasteiger partial charge in [-0.2, -0.15) is 5.26 Å². The van der Waals surface area contributed by atoms with Crippen LogP contribution in [0.2, 0.25) is 5.02 Å². The van der Waals surface area contributed by atoms with Gasteiger partial charge in [0.2, 0.25) is 0 Å². The summed E-state index contributed by atoms with van der Waals surface area (Å²) in [5.41, 5.74) is 8.44. The standard InChI is InChI=1S/C13H9ClN2/c14-10-4-1-3-9(7-10)11-5-2-6-13(16)12(11)8-15/h1-7H,16H2. The van der Waals surface area contributed by atoms with Crippen molar-refractivity contribution in [3.63, 3.8) is 0 Å². The molecule has 0 aliphatic rings. The Balaban J connectivity index is 2.66. The van der Waals surface area contributed by atoms with E-state index in [4.69, 9.17) is 22.6 Å². The van der Waals surface area contributed by atoms with Crippen LogP contribution in [0, 0.1) is 11.3 Å². The third-order valence-electron chi connectivity index (χ3n) is 2.34. The first-order valence-corrected chi connectivity index (χ1v) is 5.14. The van der Waals surface area contributed by atoms with Crippen molar-refractivity contribution in [1.82, 2.24) is 0 Å². The molecule has 0 fully saturated rings. The van der Waals surface area contributed by atoms with Crippen LogP contribution < -0.4 is 5.73 Å². The average Bonchev–Trinajstić information content (AvgIpc) is 2.28. The van der Waals surface area contributed by atoms with Gasteiger partial charge in [0.1, 0.15) is 6.07 Å². The summed E-state index contributed by atoms with van der Waals surface area (Å²) in [5.74, 6) is 0. The van der Waals surface area contributed by atoms with Gasteiger partial charge in [0.25, 0.3) is 0 Å². The van der Waals surface area contributed by atoms with Crippen LogP contribution in [0.5, 0.6) is 0 Å². The molecule has 0 heterocycles. The normalized spacial score (nSPS) is 9.75. The van der Waals surface area contributed by atoms with E-state index in [1.807, 2.05) is 30.3 Å². The highest BCUT2D eigenvalue weighted by Crippen LogP contribution is 2.28. The van der Waals surface area contributed by atoms with E-state index in [9.17, 15) is 0 Å². The molecule has 0 atom stereocenters. The van der Waals surface area contributed by atoms with Crippen molar-refractivity contribution in [3.8, 4) is 17.2 Å². The Hall–Kier alpha value is -1.98. The lowest BCUT2D eigenvalue weighted by Gasteiger charge is -2.06. The maximum absolute atomic E-state index is 9.07. The van der Waals surface area contributed by atoms with Gasteiger partial charge in [0.15, 0.2) is 0 Å². The zero-order valence-electron chi connectivity index (χ0n) is 8.44. The molecule has 0 amide bonds. The van der Waals surface area contributed by atoms with Gasteiger partial charge in [-0.3, -0.25) is 0 Å². The molecule has 0 aliphatic heterocycles. The number of hydrogen-bond donors (Lipinski definition) is 1. The van der Waals surface area contributed by atoms with E-state index in [0.29, 0.717) is 16.3 Å². The van der Waals surface area contributed by atoms with E-state index in [0.717, 1.165) is 11.1 Å². The van der Waals surface area contributed by atoms with Crippen molar-refractivity contribution in [2.45, 2.75) is 0 Å². The maximum atomic E-state index is 9.07. The largest absolute Gasteiger partial charge is 0.398 e. The Morgan fingerprint density at radius 1 is 1.12 bits per heavy atom. The number of hydrogen-bond acceptors (Lipinski definition) is 2. The second kappa shape index (κ2) is 4.26. The van der Waals surface area contributed by atoms with Gasteiger partial charge in [0.05, 0.1) is 11.3 Å². The van der Waals surface area contributed by atoms with E-state index in [-0.39, 0.29) is 0 Å².